The molecular weight excluding hydrogens is 364 g/mol. The lowest BCUT2D eigenvalue weighted by molar-refractivity contribution is -0.439. The van der Waals surface area contributed by atoms with Crippen LogP contribution in [0.3, 0.4) is 0 Å². The molecule has 1 heterocycles. The summed E-state index contributed by atoms with van der Waals surface area (Å²) in [6.07, 6.45) is 1.93. The molecule has 27 heavy (non-hydrogen) atoms. The van der Waals surface area contributed by atoms with E-state index in [2.05, 4.69) is 55.8 Å². The van der Waals surface area contributed by atoms with Crippen LogP contribution in [0, 0.1) is 6.92 Å². The molecule has 0 radical (unpaired) electrons. The van der Waals surface area contributed by atoms with Crippen molar-refractivity contribution in [3.8, 4) is 0 Å². The van der Waals surface area contributed by atoms with Crippen LogP contribution in [0.1, 0.15) is 58.1 Å². The van der Waals surface area contributed by atoms with Gasteiger partial charge < -0.3 is 5.32 Å². The minimum absolute atomic E-state index is 0.00462. The fourth-order valence-corrected chi connectivity index (χ4v) is 3.69. The second-order valence-electron chi connectivity index (χ2n) is 7.97. The molecule has 0 bridgehead atoms. The summed E-state index contributed by atoms with van der Waals surface area (Å²) >= 11 is 0. The fourth-order valence-electron chi connectivity index (χ4n) is 3.39. The van der Waals surface area contributed by atoms with E-state index < -0.39 is 15.4 Å². The molecule has 0 fully saturated rings. The second kappa shape index (κ2) is 8.10. The lowest BCUT2D eigenvalue weighted by atomic mass is 9.82. The Hall–Kier alpha value is -1.73. The Labute approximate surface area is 162 Å². The van der Waals surface area contributed by atoms with Gasteiger partial charge in [-0.15, -0.1) is 0 Å². The third kappa shape index (κ3) is 4.96. The average molecular weight is 396 g/mol. The molecule has 1 unspecified atom stereocenters. The normalized spacial score (nSPS) is 17.0. The third-order valence-corrected chi connectivity index (χ3v) is 6.74. The van der Waals surface area contributed by atoms with Crippen molar-refractivity contribution in [1.82, 2.24) is 5.32 Å². The van der Waals surface area contributed by atoms with E-state index in [4.69, 9.17) is 4.55 Å². The van der Waals surface area contributed by atoms with Crippen LogP contribution in [-0.4, -0.2) is 47.5 Å². The van der Waals surface area contributed by atoms with Crippen LogP contribution in [0.5, 0.6) is 0 Å². The smallest absolute Gasteiger partial charge is 0.269 e. The predicted molar refractivity (Wildman–Crippen MR) is 108 cm³/mol. The molecule has 1 aromatic carbocycles. The van der Waals surface area contributed by atoms with Crippen LogP contribution in [-0.2, 0) is 20.3 Å². The maximum atomic E-state index is 11.9. The molecule has 1 atom stereocenters. The molecule has 0 spiro atoms. The summed E-state index contributed by atoms with van der Waals surface area (Å²) in [7, 11) is -4.11. The van der Waals surface area contributed by atoms with Crippen LogP contribution >= 0.6 is 0 Å². The van der Waals surface area contributed by atoms with Gasteiger partial charge in [0.2, 0.25) is 11.6 Å². The van der Waals surface area contributed by atoms with Gasteiger partial charge in [-0.3, -0.25) is 9.35 Å². The van der Waals surface area contributed by atoms with Crippen molar-refractivity contribution in [1.29, 1.82) is 0 Å². The molecule has 2 N–H and O–H groups in total. The first-order chi connectivity index (χ1) is 12.4. The second-order valence-corrected chi connectivity index (χ2v) is 9.80. The van der Waals surface area contributed by atoms with Gasteiger partial charge in [0.25, 0.3) is 10.1 Å². The minimum atomic E-state index is -4.11. The van der Waals surface area contributed by atoms with Crippen molar-refractivity contribution >= 4 is 27.4 Å². The Balaban J connectivity index is 1.87. The van der Waals surface area contributed by atoms with E-state index in [-0.39, 0.29) is 17.9 Å². The number of aryl methyl sites for hydroxylation is 1. The Morgan fingerprint density at radius 1 is 1.26 bits per heavy atom. The van der Waals surface area contributed by atoms with Crippen molar-refractivity contribution in [2.75, 3.05) is 13.1 Å². The Bertz CT molecular complexity index is 857. The van der Waals surface area contributed by atoms with E-state index in [1.807, 2.05) is 0 Å². The van der Waals surface area contributed by atoms with Gasteiger partial charge in [-0.25, -0.2) is 0 Å². The first-order valence-corrected chi connectivity index (χ1v) is 10.9. The maximum Gasteiger partial charge on any atom is 0.269 e. The summed E-state index contributed by atoms with van der Waals surface area (Å²) in [6, 6.07) is 6.55. The van der Waals surface area contributed by atoms with Crippen molar-refractivity contribution in [2.45, 2.75) is 64.5 Å². The standard InChI is InChI=1S/C20H30N2O4S/c1-14-9-10-18-17(12-14)20(4,5)16(3)22(18)11-7-6-8-19(23)21-13-15(2)27(24,25)26/h9-10,12,15H,6-8,11,13H2,1-5H3,(H-,21,23,24,25,26)/p+1. The van der Waals surface area contributed by atoms with Gasteiger partial charge >= 0.3 is 0 Å². The highest BCUT2D eigenvalue weighted by Crippen LogP contribution is 2.39. The lowest BCUT2D eigenvalue weighted by Gasteiger charge is -2.15. The van der Waals surface area contributed by atoms with Gasteiger partial charge in [0.05, 0.1) is 5.41 Å². The summed E-state index contributed by atoms with van der Waals surface area (Å²) in [6.45, 7) is 10.9. The molecule has 1 aliphatic heterocycles. The highest BCUT2D eigenvalue weighted by atomic mass is 32.2. The van der Waals surface area contributed by atoms with Gasteiger partial charge in [-0.1, -0.05) is 11.6 Å². The molecule has 6 nitrogen and oxygen atoms in total. The number of nitrogens with zero attached hydrogens (tertiary/aromatic N) is 1. The highest BCUT2D eigenvalue weighted by Gasteiger charge is 2.42. The zero-order valence-corrected chi connectivity index (χ0v) is 17.7. The molecule has 0 saturated heterocycles. The largest absolute Gasteiger partial charge is 0.355 e. The van der Waals surface area contributed by atoms with Gasteiger partial charge in [0.1, 0.15) is 11.8 Å². The monoisotopic (exact) mass is 395 g/mol. The molecule has 7 heteroatoms. The van der Waals surface area contributed by atoms with E-state index in [0.29, 0.717) is 6.42 Å². The number of unbranched alkanes of at least 4 members (excludes halogenated alkanes) is 1. The van der Waals surface area contributed by atoms with E-state index >= 15 is 0 Å². The minimum Gasteiger partial charge on any atom is -0.355 e. The Morgan fingerprint density at radius 2 is 1.93 bits per heavy atom. The number of rotatable bonds is 8. The van der Waals surface area contributed by atoms with Crippen molar-refractivity contribution < 1.29 is 22.3 Å². The van der Waals surface area contributed by atoms with Crippen LogP contribution in [0.25, 0.3) is 0 Å². The fraction of sp³-hybridized carbons (Fsp3) is 0.600. The molecule has 2 rings (SSSR count). The molecular formula is C20H31N2O4S+. The lowest BCUT2D eigenvalue weighted by Crippen LogP contribution is -2.34. The molecule has 150 valence electrons. The zero-order chi connectivity index (χ0) is 20.4. The number of carbonyl (C=O) groups is 1. The summed E-state index contributed by atoms with van der Waals surface area (Å²) < 4.78 is 33.2. The highest BCUT2D eigenvalue weighted by molar-refractivity contribution is 7.86. The van der Waals surface area contributed by atoms with Gasteiger partial charge in [0, 0.05) is 37.9 Å². The number of amides is 1. The molecule has 0 aliphatic carbocycles. The van der Waals surface area contributed by atoms with E-state index in [9.17, 15) is 13.2 Å². The van der Waals surface area contributed by atoms with E-state index in [0.717, 1.165) is 19.4 Å². The first kappa shape index (κ1) is 21.6. The summed E-state index contributed by atoms with van der Waals surface area (Å²) in [5.41, 5.74) is 5.17. The van der Waals surface area contributed by atoms with Crippen LogP contribution < -0.4 is 5.32 Å². The first-order valence-electron chi connectivity index (χ1n) is 9.40. The number of hydrogen-bond donors (Lipinski definition) is 2. The molecule has 1 aliphatic rings. The average Bonchev–Trinajstić information content (AvgIpc) is 2.76. The third-order valence-electron chi connectivity index (χ3n) is 5.56. The number of carbonyl (C=O) groups excluding carboxylic acids is 1. The summed E-state index contributed by atoms with van der Waals surface area (Å²) in [5.74, 6) is -0.191. The number of nitrogens with one attached hydrogen (secondary N) is 1. The molecule has 0 aromatic heterocycles. The Kier molecular flexibility index (Phi) is 6.47. The summed E-state index contributed by atoms with van der Waals surface area (Å²) in [5, 5.41) is 1.57. The van der Waals surface area contributed by atoms with E-state index in [1.165, 1.54) is 29.4 Å². The van der Waals surface area contributed by atoms with E-state index in [1.54, 1.807) is 0 Å². The number of hydrogen-bond acceptors (Lipinski definition) is 3. The maximum absolute atomic E-state index is 11.9. The van der Waals surface area contributed by atoms with Gasteiger partial charge in [-0.2, -0.15) is 13.0 Å². The SMILES string of the molecule is CC1=[N+](CCCCC(=O)NCC(C)S(=O)(=O)O)c2ccc(C)cc2C1(C)C. The molecule has 1 aromatic rings. The topological polar surface area (TPSA) is 86.5 Å². The van der Waals surface area contributed by atoms with Crippen molar-refractivity contribution in [3.63, 3.8) is 0 Å². The van der Waals surface area contributed by atoms with Gasteiger partial charge in [0.15, 0.2) is 5.71 Å². The molecule has 0 saturated carbocycles. The quantitative estimate of drug-likeness (QED) is 0.402. The molecule has 1 amide bonds. The summed E-state index contributed by atoms with van der Waals surface area (Å²) in [4.78, 5) is 11.9. The van der Waals surface area contributed by atoms with Crippen LogP contribution in [0.4, 0.5) is 5.69 Å². The van der Waals surface area contributed by atoms with Crippen molar-refractivity contribution in [2.24, 2.45) is 0 Å². The van der Waals surface area contributed by atoms with Crippen molar-refractivity contribution in [3.05, 3.63) is 29.3 Å². The Morgan fingerprint density at radius 3 is 2.56 bits per heavy atom. The van der Waals surface area contributed by atoms with Crippen LogP contribution in [0.15, 0.2) is 18.2 Å². The predicted octanol–water partition coefficient (Wildman–Crippen LogP) is 2.95. The van der Waals surface area contributed by atoms with Crippen LogP contribution in [0.2, 0.25) is 0 Å². The zero-order valence-electron chi connectivity index (χ0n) is 16.9. The van der Waals surface area contributed by atoms with Gasteiger partial charge in [-0.05, 0) is 40.2 Å². The number of benzene rings is 1. The number of fused-ring (bicyclic) bond motifs is 1.